The molecule has 0 bridgehead atoms. The normalized spacial score (nSPS) is 19.6. The molecule has 134 valence electrons. The second kappa shape index (κ2) is 5.88. The monoisotopic (exact) mass is 347 g/mol. The van der Waals surface area contributed by atoms with Crippen LogP contribution in [0.4, 0.5) is 0 Å². The molecule has 1 atom stereocenters. The molecule has 2 aliphatic heterocycles. The lowest BCUT2D eigenvalue weighted by atomic mass is 9.85. The van der Waals surface area contributed by atoms with Crippen molar-refractivity contribution in [1.29, 1.82) is 0 Å². The number of nitrogens with zero attached hydrogens (tertiary/aromatic N) is 1. The molecule has 0 radical (unpaired) electrons. The van der Waals surface area contributed by atoms with Gasteiger partial charge in [-0.15, -0.1) is 0 Å². The molecule has 3 aromatic carbocycles. The summed E-state index contributed by atoms with van der Waals surface area (Å²) in [6, 6.07) is 12.0. The van der Waals surface area contributed by atoms with Gasteiger partial charge in [0.15, 0.2) is 11.5 Å². The van der Waals surface area contributed by atoms with Gasteiger partial charge in [0.2, 0.25) is 0 Å². The van der Waals surface area contributed by atoms with E-state index in [1.807, 2.05) is 0 Å². The zero-order chi connectivity index (χ0) is 17.8. The predicted molar refractivity (Wildman–Crippen MR) is 106 cm³/mol. The quantitative estimate of drug-likeness (QED) is 0.619. The van der Waals surface area contributed by atoms with Gasteiger partial charge in [-0.3, -0.25) is 4.90 Å². The summed E-state index contributed by atoms with van der Waals surface area (Å²) < 4.78 is 11.2. The van der Waals surface area contributed by atoms with Gasteiger partial charge in [0, 0.05) is 12.6 Å². The molecule has 0 spiro atoms. The Balaban J connectivity index is 1.89. The molecule has 2 heterocycles. The van der Waals surface area contributed by atoms with Gasteiger partial charge in [0.25, 0.3) is 0 Å². The molecule has 3 heteroatoms. The number of rotatable bonds is 2. The zero-order valence-corrected chi connectivity index (χ0v) is 15.8. The van der Waals surface area contributed by atoms with E-state index in [1.165, 1.54) is 58.5 Å². The highest BCUT2D eigenvalue weighted by atomic mass is 16.5. The van der Waals surface area contributed by atoms with Crippen LogP contribution in [0.2, 0.25) is 0 Å². The van der Waals surface area contributed by atoms with Crippen LogP contribution in [0.25, 0.3) is 21.5 Å². The van der Waals surface area contributed by atoms with E-state index in [-0.39, 0.29) is 0 Å². The van der Waals surface area contributed by atoms with Crippen LogP contribution in [0.5, 0.6) is 11.5 Å². The molecule has 0 aromatic heterocycles. The fraction of sp³-hybridized carbons (Fsp3) is 0.391. The summed E-state index contributed by atoms with van der Waals surface area (Å²) in [4.78, 5) is 2.67. The minimum absolute atomic E-state index is 0.713. The molecular weight excluding hydrogens is 322 g/mol. The second-order valence-corrected chi connectivity index (χ2v) is 7.73. The SMILES string of the molecule is COc1cc2c3c(c4ccc(C)cc4c2cc1OC)C[C@@H]1CCCN1C3. The highest BCUT2D eigenvalue weighted by molar-refractivity contribution is 6.12. The molecule has 1 saturated heterocycles. The van der Waals surface area contributed by atoms with Crippen LogP contribution in [0.3, 0.4) is 0 Å². The van der Waals surface area contributed by atoms with Crippen molar-refractivity contribution in [2.24, 2.45) is 0 Å². The third-order valence-electron chi connectivity index (χ3n) is 6.30. The maximum Gasteiger partial charge on any atom is 0.161 e. The van der Waals surface area contributed by atoms with Gasteiger partial charge in [-0.2, -0.15) is 0 Å². The average Bonchev–Trinajstić information content (AvgIpc) is 3.13. The maximum atomic E-state index is 5.62. The summed E-state index contributed by atoms with van der Waals surface area (Å²) in [7, 11) is 3.43. The summed E-state index contributed by atoms with van der Waals surface area (Å²) in [5, 5.41) is 5.35. The lowest BCUT2D eigenvalue weighted by molar-refractivity contribution is 0.229. The molecule has 0 N–H and O–H groups in total. The molecule has 3 nitrogen and oxygen atoms in total. The first-order valence-electron chi connectivity index (χ1n) is 9.53. The smallest absolute Gasteiger partial charge is 0.161 e. The van der Waals surface area contributed by atoms with Crippen LogP contribution in [0, 0.1) is 6.92 Å². The Bertz CT molecular complexity index is 1020. The van der Waals surface area contributed by atoms with Gasteiger partial charge >= 0.3 is 0 Å². The lowest BCUT2D eigenvalue weighted by Crippen LogP contribution is -2.35. The molecule has 5 rings (SSSR count). The first-order valence-corrected chi connectivity index (χ1v) is 9.53. The summed E-state index contributed by atoms with van der Waals surface area (Å²) in [5.41, 5.74) is 4.32. The van der Waals surface area contributed by atoms with Crippen LogP contribution in [0.15, 0.2) is 30.3 Å². The number of aryl methyl sites for hydroxylation is 1. The fourth-order valence-electron chi connectivity index (χ4n) is 5.01. The van der Waals surface area contributed by atoms with Gasteiger partial charge in [0.05, 0.1) is 14.2 Å². The highest BCUT2D eigenvalue weighted by Gasteiger charge is 2.32. The second-order valence-electron chi connectivity index (χ2n) is 7.73. The minimum Gasteiger partial charge on any atom is -0.493 e. The van der Waals surface area contributed by atoms with Crippen LogP contribution >= 0.6 is 0 Å². The largest absolute Gasteiger partial charge is 0.493 e. The van der Waals surface area contributed by atoms with Crippen LogP contribution in [0.1, 0.15) is 29.5 Å². The highest BCUT2D eigenvalue weighted by Crippen LogP contribution is 2.43. The number of fused-ring (bicyclic) bond motifs is 7. The molecule has 1 fully saturated rings. The van der Waals surface area contributed by atoms with Gasteiger partial charge in [-0.25, -0.2) is 0 Å². The Morgan fingerprint density at radius 3 is 2.38 bits per heavy atom. The Morgan fingerprint density at radius 1 is 0.885 bits per heavy atom. The summed E-state index contributed by atoms with van der Waals surface area (Å²) >= 11 is 0. The van der Waals surface area contributed by atoms with E-state index in [0.717, 1.165) is 18.0 Å². The van der Waals surface area contributed by atoms with E-state index in [4.69, 9.17) is 9.47 Å². The van der Waals surface area contributed by atoms with Gasteiger partial charge in [-0.1, -0.05) is 23.8 Å². The Hall–Kier alpha value is -2.26. The van der Waals surface area contributed by atoms with Crippen LogP contribution in [-0.4, -0.2) is 31.7 Å². The summed E-state index contributed by atoms with van der Waals surface area (Å²) in [6.07, 6.45) is 3.82. The first-order chi connectivity index (χ1) is 12.7. The number of methoxy groups -OCH3 is 2. The number of benzene rings is 3. The summed E-state index contributed by atoms with van der Waals surface area (Å²) in [5.74, 6) is 1.62. The molecule has 0 amide bonds. The molecule has 0 saturated carbocycles. The van der Waals surface area contributed by atoms with Crippen molar-refractivity contribution in [2.75, 3.05) is 20.8 Å². The van der Waals surface area contributed by atoms with Crippen molar-refractivity contribution in [3.05, 3.63) is 47.0 Å². The van der Waals surface area contributed by atoms with Crippen molar-refractivity contribution in [1.82, 2.24) is 4.90 Å². The van der Waals surface area contributed by atoms with Gasteiger partial charge < -0.3 is 9.47 Å². The third-order valence-corrected chi connectivity index (χ3v) is 6.30. The van der Waals surface area contributed by atoms with Crippen LogP contribution in [-0.2, 0) is 13.0 Å². The van der Waals surface area contributed by atoms with Gasteiger partial charge in [-0.05, 0) is 77.5 Å². The zero-order valence-electron chi connectivity index (χ0n) is 15.8. The van der Waals surface area contributed by atoms with Gasteiger partial charge in [0.1, 0.15) is 0 Å². The fourth-order valence-corrected chi connectivity index (χ4v) is 5.01. The molecular formula is C23H25NO2. The Labute approximate surface area is 154 Å². The van der Waals surface area contributed by atoms with Crippen molar-refractivity contribution in [3.8, 4) is 11.5 Å². The topological polar surface area (TPSA) is 21.7 Å². The van der Waals surface area contributed by atoms with E-state index < -0.39 is 0 Å². The Morgan fingerprint density at radius 2 is 1.62 bits per heavy atom. The van der Waals surface area contributed by atoms with E-state index >= 15 is 0 Å². The van der Waals surface area contributed by atoms with E-state index in [2.05, 4.69) is 42.2 Å². The summed E-state index contributed by atoms with van der Waals surface area (Å²) in [6.45, 7) is 4.45. The molecule has 2 aliphatic rings. The van der Waals surface area contributed by atoms with Crippen molar-refractivity contribution in [2.45, 2.75) is 38.8 Å². The number of hydrogen-bond acceptors (Lipinski definition) is 3. The van der Waals surface area contributed by atoms with Crippen molar-refractivity contribution >= 4 is 21.5 Å². The number of ether oxygens (including phenoxy) is 2. The van der Waals surface area contributed by atoms with Crippen molar-refractivity contribution < 1.29 is 9.47 Å². The first kappa shape index (κ1) is 16.0. The third kappa shape index (κ3) is 2.23. The molecule has 0 unspecified atom stereocenters. The van der Waals surface area contributed by atoms with E-state index in [9.17, 15) is 0 Å². The predicted octanol–water partition coefficient (Wildman–Crippen LogP) is 4.84. The van der Waals surface area contributed by atoms with E-state index in [0.29, 0.717) is 6.04 Å². The maximum absolute atomic E-state index is 5.62. The Kier molecular flexibility index (Phi) is 3.61. The van der Waals surface area contributed by atoms with E-state index in [1.54, 1.807) is 19.8 Å². The molecule has 26 heavy (non-hydrogen) atoms. The number of hydrogen-bond donors (Lipinski definition) is 0. The molecule has 0 aliphatic carbocycles. The van der Waals surface area contributed by atoms with Crippen molar-refractivity contribution in [3.63, 3.8) is 0 Å². The standard InChI is InChI=1S/C23H25NO2/c1-14-6-7-16-17(9-14)19-11-22(25-2)23(26-3)12-20(19)21-13-24-8-4-5-15(24)10-18(16)21/h6-7,9,11-12,15H,4-5,8,10,13H2,1-3H3/t15-/m0/s1. The average molecular weight is 347 g/mol. The van der Waals surface area contributed by atoms with Crippen LogP contribution < -0.4 is 9.47 Å². The lowest BCUT2D eigenvalue weighted by Gasteiger charge is -2.33. The molecule has 3 aromatic rings. The minimum atomic E-state index is 0.713.